The zero-order chi connectivity index (χ0) is 19.2. The first kappa shape index (κ1) is 17.7. The quantitative estimate of drug-likeness (QED) is 0.738. The first-order chi connectivity index (χ1) is 12.9. The van der Waals surface area contributed by atoms with E-state index in [-0.39, 0.29) is 12.5 Å². The number of halogens is 1. The van der Waals surface area contributed by atoms with E-state index < -0.39 is 17.5 Å². The van der Waals surface area contributed by atoms with E-state index in [9.17, 15) is 14.4 Å². The van der Waals surface area contributed by atoms with Crippen molar-refractivity contribution in [3.8, 4) is 0 Å². The van der Waals surface area contributed by atoms with Crippen molar-refractivity contribution in [3.05, 3.63) is 63.6 Å². The van der Waals surface area contributed by atoms with Crippen LogP contribution in [0.15, 0.2) is 46.9 Å². The number of benzene rings is 2. The van der Waals surface area contributed by atoms with Gasteiger partial charge in [-0.2, -0.15) is 0 Å². The zero-order valence-corrected chi connectivity index (χ0v) is 16.3. The molecule has 2 aromatic rings. The van der Waals surface area contributed by atoms with Crippen LogP contribution in [-0.2, 0) is 21.5 Å². The summed E-state index contributed by atoms with van der Waals surface area (Å²) < 4.78 is 0.911. The number of rotatable bonds is 3. The average Bonchev–Trinajstić information content (AvgIpc) is 3.11. The van der Waals surface area contributed by atoms with Gasteiger partial charge in [-0.25, -0.2) is 4.79 Å². The Bertz CT molecular complexity index is 975. The third-order valence-corrected chi connectivity index (χ3v) is 5.68. The summed E-state index contributed by atoms with van der Waals surface area (Å²) in [5.74, 6) is -0.771. The third-order valence-electron chi connectivity index (χ3n) is 5.19. The lowest BCUT2D eigenvalue weighted by molar-refractivity contribution is -0.134. The molecule has 6 nitrogen and oxygen atoms in total. The number of hydrogen-bond donors (Lipinski definition) is 2. The second kappa shape index (κ2) is 6.49. The molecule has 138 valence electrons. The Kier molecular flexibility index (Phi) is 4.26. The molecule has 27 heavy (non-hydrogen) atoms. The second-order valence-corrected chi connectivity index (χ2v) is 7.81. The summed E-state index contributed by atoms with van der Waals surface area (Å²) in [5.41, 5.74) is 2.38. The molecule has 0 bridgehead atoms. The van der Waals surface area contributed by atoms with Crippen LogP contribution in [0.1, 0.15) is 23.1 Å². The van der Waals surface area contributed by atoms with Gasteiger partial charge < -0.3 is 10.6 Å². The highest BCUT2D eigenvalue weighted by Crippen LogP contribution is 2.41. The Morgan fingerprint density at radius 1 is 1.26 bits per heavy atom. The molecule has 2 aromatic carbocycles. The number of carbonyl (C=O) groups excluding carboxylic acids is 3. The molecule has 1 heterocycles. The van der Waals surface area contributed by atoms with Gasteiger partial charge in [-0.05, 0) is 54.7 Å². The molecule has 7 heteroatoms. The number of fused-ring (bicyclic) bond motifs is 2. The van der Waals surface area contributed by atoms with Crippen molar-refractivity contribution in [3.63, 3.8) is 0 Å². The maximum Gasteiger partial charge on any atom is 0.325 e. The van der Waals surface area contributed by atoms with E-state index >= 15 is 0 Å². The van der Waals surface area contributed by atoms with E-state index in [1.807, 2.05) is 43.3 Å². The highest BCUT2D eigenvalue weighted by molar-refractivity contribution is 9.10. The second-order valence-electron chi connectivity index (χ2n) is 6.89. The van der Waals surface area contributed by atoms with Gasteiger partial charge in [0.05, 0.1) is 0 Å². The predicted molar refractivity (Wildman–Crippen MR) is 104 cm³/mol. The standard InChI is InChI=1S/C20H18BrN3O3/c1-12-10-14(21)6-7-16(12)22-17(25)11-24-18(26)20(23-19(24)27)9-8-13-4-2-3-5-15(13)20/h2-7,10H,8-9,11H2,1H3,(H,22,25)(H,23,27)/t20-/m0/s1. The number of urea groups is 1. The SMILES string of the molecule is Cc1cc(Br)ccc1NC(=O)CN1C(=O)N[C@]2(CCc3ccccc32)C1=O. The van der Waals surface area contributed by atoms with Crippen molar-refractivity contribution >= 4 is 39.5 Å². The molecule has 1 aliphatic heterocycles. The highest BCUT2D eigenvalue weighted by Gasteiger charge is 2.55. The fourth-order valence-corrected chi connectivity index (χ4v) is 4.31. The molecular formula is C20H18BrN3O3. The topological polar surface area (TPSA) is 78.5 Å². The summed E-state index contributed by atoms with van der Waals surface area (Å²) in [4.78, 5) is 39.0. The number of aryl methyl sites for hydroxylation is 2. The lowest BCUT2D eigenvalue weighted by Gasteiger charge is -2.22. The third kappa shape index (κ3) is 2.92. The Labute approximate surface area is 165 Å². The number of nitrogens with one attached hydrogen (secondary N) is 2. The average molecular weight is 428 g/mol. The summed E-state index contributed by atoms with van der Waals surface area (Å²) in [7, 11) is 0. The van der Waals surface area contributed by atoms with Crippen LogP contribution in [0.4, 0.5) is 10.5 Å². The van der Waals surface area contributed by atoms with Gasteiger partial charge in [0.2, 0.25) is 5.91 Å². The number of anilines is 1. The molecule has 4 rings (SSSR count). The number of hydrogen-bond acceptors (Lipinski definition) is 3. The minimum absolute atomic E-state index is 0.315. The van der Waals surface area contributed by atoms with Crippen LogP contribution in [0.2, 0.25) is 0 Å². The monoisotopic (exact) mass is 427 g/mol. The first-order valence-corrected chi connectivity index (χ1v) is 9.48. The molecule has 1 saturated heterocycles. The van der Waals surface area contributed by atoms with E-state index in [2.05, 4.69) is 26.6 Å². The zero-order valence-electron chi connectivity index (χ0n) is 14.7. The van der Waals surface area contributed by atoms with Crippen LogP contribution in [0, 0.1) is 6.92 Å². The largest absolute Gasteiger partial charge is 0.325 e. The molecule has 1 aliphatic carbocycles. The van der Waals surface area contributed by atoms with Crippen molar-refractivity contribution in [1.82, 2.24) is 10.2 Å². The number of amides is 4. The molecule has 2 N–H and O–H groups in total. The number of nitrogens with zero attached hydrogens (tertiary/aromatic N) is 1. The van der Waals surface area contributed by atoms with Crippen molar-refractivity contribution in [2.75, 3.05) is 11.9 Å². The van der Waals surface area contributed by atoms with Gasteiger partial charge in [-0.1, -0.05) is 40.2 Å². The van der Waals surface area contributed by atoms with Crippen LogP contribution in [0.5, 0.6) is 0 Å². The molecule has 1 fully saturated rings. The van der Waals surface area contributed by atoms with Crippen LogP contribution in [-0.4, -0.2) is 29.3 Å². The molecule has 0 radical (unpaired) electrons. The minimum Gasteiger partial charge on any atom is -0.324 e. The summed E-state index contributed by atoms with van der Waals surface area (Å²) in [5, 5.41) is 5.59. The van der Waals surface area contributed by atoms with Gasteiger partial charge in [0.1, 0.15) is 12.1 Å². The van der Waals surface area contributed by atoms with Crippen molar-refractivity contribution in [2.45, 2.75) is 25.3 Å². The molecule has 0 saturated carbocycles. The van der Waals surface area contributed by atoms with E-state index in [0.717, 1.165) is 32.5 Å². The predicted octanol–water partition coefficient (Wildman–Crippen LogP) is 3.09. The minimum atomic E-state index is -1.04. The van der Waals surface area contributed by atoms with Crippen molar-refractivity contribution in [2.24, 2.45) is 0 Å². The molecule has 0 aromatic heterocycles. The summed E-state index contributed by atoms with van der Waals surface area (Å²) in [6, 6.07) is 12.6. The summed E-state index contributed by atoms with van der Waals surface area (Å²) >= 11 is 3.38. The molecule has 1 atom stereocenters. The Morgan fingerprint density at radius 3 is 2.81 bits per heavy atom. The Morgan fingerprint density at radius 2 is 2.04 bits per heavy atom. The van der Waals surface area contributed by atoms with Crippen LogP contribution >= 0.6 is 15.9 Å². The Hall–Kier alpha value is -2.67. The maximum atomic E-state index is 13.1. The smallest absolute Gasteiger partial charge is 0.324 e. The van der Waals surface area contributed by atoms with Gasteiger partial charge in [0.15, 0.2) is 0 Å². The fraction of sp³-hybridized carbons (Fsp3) is 0.250. The lowest BCUT2D eigenvalue weighted by Crippen LogP contribution is -2.43. The highest BCUT2D eigenvalue weighted by atomic mass is 79.9. The van der Waals surface area contributed by atoms with Crippen LogP contribution < -0.4 is 10.6 Å². The molecule has 1 spiro atoms. The van der Waals surface area contributed by atoms with E-state index in [0.29, 0.717) is 12.1 Å². The van der Waals surface area contributed by atoms with Crippen molar-refractivity contribution in [1.29, 1.82) is 0 Å². The van der Waals surface area contributed by atoms with Crippen LogP contribution in [0.3, 0.4) is 0 Å². The summed E-state index contributed by atoms with van der Waals surface area (Å²) in [6.07, 6.45) is 1.24. The van der Waals surface area contributed by atoms with E-state index in [1.54, 1.807) is 6.07 Å². The molecule has 2 aliphatic rings. The van der Waals surface area contributed by atoms with E-state index in [1.165, 1.54) is 0 Å². The van der Waals surface area contributed by atoms with Crippen LogP contribution in [0.25, 0.3) is 0 Å². The fourth-order valence-electron chi connectivity index (χ4n) is 3.83. The Balaban J connectivity index is 1.53. The normalized spacial score (nSPS) is 20.7. The molecular weight excluding hydrogens is 410 g/mol. The number of carbonyl (C=O) groups is 3. The molecule has 4 amide bonds. The van der Waals surface area contributed by atoms with Gasteiger partial charge >= 0.3 is 6.03 Å². The molecule has 0 unspecified atom stereocenters. The maximum absolute atomic E-state index is 13.1. The first-order valence-electron chi connectivity index (χ1n) is 8.69. The lowest BCUT2D eigenvalue weighted by atomic mass is 9.92. The number of imide groups is 1. The van der Waals surface area contributed by atoms with Gasteiger partial charge in [0.25, 0.3) is 5.91 Å². The van der Waals surface area contributed by atoms with Gasteiger partial charge in [-0.15, -0.1) is 0 Å². The van der Waals surface area contributed by atoms with E-state index in [4.69, 9.17) is 0 Å². The summed E-state index contributed by atoms with van der Waals surface area (Å²) in [6.45, 7) is 1.56. The van der Waals surface area contributed by atoms with Gasteiger partial charge in [0, 0.05) is 10.2 Å². The van der Waals surface area contributed by atoms with Crippen molar-refractivity contribution < 1.29 is 14.4 Å². The van der Waals surface area contributed by atoms with Gasteiger partial charge in [-0.3, -0.25) is 14.5 Å².